The van der Waals surface area contributed by atoms with E-state index in [1.165, 1.54) is 11.6 Å². The Morgan fingerprint density at radius 2 is 1.91 bits per heavy atom. The highest BCUT2D eigenvalue weighted by Crippen LogP contribution is 2.23. The van der Waals surface area contributed by atoms with Crippen LogP contribution in [0.2, 0.25) is 5.15 Å². The maximum absolute atomic E-state index is 12.6. The quantitative estimate of drug-likeness (QED) is 0.369. The Hall–Kier alpha value is -3.62. The minimum Gasteiger partial charge on any atom is -0.408 e. The molecule has 2 aromatic carbocycles. The zero-order valence-corrected chi connectivity index (χ0v) is 21.0. The number of aromatic nitrogens is 3. The molecule has 0 radical (unpaired) electrons. The summed E-state index contributed by atoms with van der Waals surface area (Å²) in [5.74, 6) is -0.741. The molecule has 4 rings (SSSR count). The van der Waals surface area contributed by atoms with E-state index in [-0.39, 0.29) is 5.91 Å². The van der Waals surface area contributed by atoms with E-state index in [0.29, 0.717) is 47.1 Å². The van der Waals surface area contributed by atoms with Gasteiger partial charge in [-0.3, -0.25) is 9.36 Å². The molecule has 0 atom stereocenters. The smallest absolute Gasteiger partial charge is 0.408 e. The number of carbonyl (C=O) groups is 1. The number of amides is 1. The van der Waals surface area contributed by atoms with E-state index in [1.807, 2.05) is 57.1 Å². The number of oxazole rings is 1. The van der Waals surface area contributed by atoms with Crippen molar-refractivity contribution in [1.82, 2.24) is 19.2 Å². The Labute approximate surface area is 208 Å². The molecule has 0 saturated carbocycles. The highest BCUT2D eigenvalue weighted by molar-refractivity contribution is 6.31. The average Bonchev–Trinajstić information content (AvgIpc) is 3.26. The van der Waals surface area contributed by atoms with E-state index in [0.717, 1.165) is 11.3 Å². The van der Waals surface area contributed by atoms with Crippen molar-refractivity contribution in [3.8, 4) is 0 Å². The molecule has 0 aliphatic heterocycles. The number of halogens is 1. The van der Waals surface area contributed by atoms with E-state index in [4.69, 9.17) is 16.0 Å². The van der Waals surface area contributed by atoms with Gasteiger partial charge in [0, 0.05) is 30.4 Å². The Morgan fingerprint density at radius 1 is 1.17 bits per heavy atom. The molecule has 0 fully saturated rings. The fourth-order valence-electron chi connectivity index (χ4n) is 3.72. The van der Waals surface area contributed by atoms with Crippen LogP contribution in [0.15, 0.2) is 57.8 Å². The molecule has 0 bridgehead atoms. The van der Waals surface area contributed by atoms with Crippen molar-refractivity contribution in [1.29, 1.82) is 0 Å². The first kappa shape index (κ1) is 24.5. The van der Waals surface area contributed by atoms with Crippen LogP contribution in [0.4, 0.5) is 5.69 Å². The molecule has 9 heteroatoms. The van der Waals surface area contributed by atoms with E-state index >= 15 is 0 Å². The molecule has 0 spiro atoms. The van der Waals surface area contributed by atoms with Gasteiger partial charge in [-0.15, -0.1) is 0 Å². The molecule has 0 saturated heterocycles. The molecular weight excluding hydrogens is 466 g/mol. The zero-order valence-electron chi connectivity index (χ0n) is 20.2. The highest BCUT2D eigenvalue weighted by atomic mass is 35.5. The number of nitrogens with one attached hydrogen (secondary N) is 1. The molecule has 4 aromatic rings. The molecule has 182 valence electrons. The number of hydrogen-bond acceptors (Lipinski definition) is 5. The standard InChI is InChI=1S/C26H28ClN5O3/c1-17-5-7-19(8-6-17)16-32-25(27)21(18(2)29-32)10-12-24(33)28-20-9-11-23-22(15-20)31(26(34)35-23)14-13-30(3)4/h5-12,15H,13-14,16H2,1-4H3,(H,28,33)/b12-10+. The Morgan fingerprint density at radius 3 is 2.63 bits per heavy atom. The third kappa shape index (κ3) is 5.72. The SMILES string of the molecule is Cc1ccc(Cn2nc(C)c(/C=C/C(=O)Nc3ccc4oc(=O)n(CCN(C)C)c4c3)c2Cl)cc1. The summed E-state index contributed by atoms with van der Waals surface area (Å²) in [6.45, 7) is 5.61. The zero-order chi connectivity index (χ0) is 25.1. The maximum Gasteiger partial charge on any atom is 0.419 e. The number of fused-ring (bicyclic) bond motifs is 1. The Kier molecular flexibility index (Phi) is 7.23. The molecule has 0 aliphatic carbocycles. The molecule has 0 unspecified atom stereocenters. The molecule has 2 aromatic heterocycles. The monoisotopic (exact) mass is 493 g/mol. The molecule has 2 heterocycles. The number of nitrogens with zero attached hydrogens (tertiary/aromatic N) is 4. The number of hydrogen-bond donors (Lipinski definition) is 1. The topological polar surface area (TPSA) is 85.3 Å². The van der Waals surface area contributed by atoms with Crippen LogP contribution >= 0.6 is 11.6 Å². The third-order valence-electron chi connectivity index (χ3n) is 5.67. The lowest BCUT2D eigenvalue weighted by Crippen LogP contribution is -2.23. The van der Waals surface area contributed by atoms with Gasteiger partial charge in [0.1, 0.15) is 5.15 Å². The Balaban J connectivity index is 1.48. The summed E-state index contributed by atoms with van der Waals surface area (Å²) in [5, 5.41) is 7.82. The molecule has 1 N–H and O–H groups in total. The van der Waals surface area contributed by atoms with Gasteiger partial charge >= 0.3 is 5.76 Å². The van der Waals surface area contributed by atoms with Crippen molar-refractivity contribution in [2.45, 2.75) is 26.9 Å². The van der Waals surface area contributed by atoms with Gasteiger partial charge in [-0.25, -0.2) is 9.48 Å². The van der Waals surface area contributed by atoms with Gasteiger partial charge in [0.05, 0.1) is 17.8 Å². The van der Waals surface area contributed by atoms with Crippen molar-refractivity contribution < 1.29 is 9.21 Å². The molecule has 35 heavy (non-hydrogen) atoms. The minimum atomic E-state index is -0.419. The predicted molar refractivity (Wildman–Crippen MR) is 139 cm³/mol. The number of aryl methyl sites for hydroxylation is 2. The Bertz CT molecular complexity index is 1440. The van der Waals surface area contributed by atoms with E-state index in [9.17, 15) is 9.59 Å². The van der Waals surface area contributed by atoms with Crippen molar-refractivity contribution in [3.05, 3.63) is 86.6 Å². The van der Waals surface area contributed by atoms with Crippen LogP contribution in [-0.4, -0.2) is 45.8 Å². The van der Waals surface area contributed by atoms with Crippen LogP contribution < -0.4 is 11.1 Å². The summed E-state index contributed by atoms with van der Waals surface area (Å²) in [6.07, 6.45) is 3.08. The van der Waals surface area contributed by atoms with Crippen LogP contribution in [0.1, 0.15) is 22.4 Å². The van der Waals surface area contributed by atoms with Crippen LogP contribution in [0.3, 0.4) is 0 Å². The third-order valence-corrected chi connectivity index (χ3v) is 6.07. The fourth-order valence-corrected chi connectivity index (χ4v) is 4.02. The van der Waals surface area contributed by atoms with Gasteiger partial charge in [0.25, 0.3) is 0 Å². The van der Waals surface area contributed by atoms with Gasteiger partial charge in [-0.1, -0.05) is 41.4 Å². The number of carbonyl (C=O) groups excluding carboxylic acids is 1. The lowest BCUT2D eigenvalue weighted by Gasteiger charge is -2.09. The largest absolute Gasteiger partial charge is 0.419 e. The lowest BCUT2D eigenvalue weighted by atomic mass is 10.1. The second-order valence-electron chi connectivity index (χ2n) is 8.76. The maximum atomic E-state index is 12.6. The van der Waals surface area contributed by atoms with E-state index < -0.39 is 5.76 Å². The normalized spacial score (nSPS) is 11.7. The van der Waals surface area contributed by atoms with Crippen LogP contribution in [0.25, 0.3) is 17.2 Å². The molecular formula is C26H28ClN5O3. The first-order valence-electron chi connectivity index (χ1n) is 11.3. The summed E-state index contributed by atoms with van der Waals surface area (Å²) < 4.78 is 8.60. The van der Waals surface area contributed by atoms with Gasteiger partial charge in [0.2, 0.25) is 5.91 Å². The summed E-state index contributed by atoms with van der Waals surface area (Å²) >= 11 is 6.56. The number of likely N-dealkylation sites (N-methyl/N-ethyl adjacent to an activating group) is 1. The molecule has 0 aliphatic rings. The second-order valence-corrected chi connectivity index (χ2v) is 9.12. The van der Waals surface area contributed by atoms with Gasteiger partial charge in [-0.2, -0.15) is 5.10 Å². The van der Waals surface area contributed by atoms with Crippen molar-refractivity contribution in [3.63, 3.8) is 0 Å². The van der Waals surface area contributed by atoms with E-state index in [2.05, 4.69) is 10.4 Å². The first-order valence-corrected chi connectivity index (χ1v) is 11.6. The van der Waals surface area contributed by atoms with Crippen molar-refractivity contribution in [2.75, 3.05) is 26.0 Å². The summed E-state index contributed by atoms with van der Waals surface area (Å²) in [6, 6.07) is 13.3. The highest BCUT2D eigenvalue weighted by Gasteiger charge is 2.13. The van der Waals surface area contributed by atoms with Crippen LogP contribution in [0.5, 0.6) is 0 Å². The predicted octanol–water partition coefficient (Wildman–Crippen LogP) is 4.32. The summed E-state index contributed by atoms with van der Waals surface area (Å²) in [7, 11) is 3.87. The minimum absolute atomic E-state index is 0.322. The van der Waals surface area contributed by atoms with Crippen LogP contribution in [0, 0.1) is 13.8 Å². The average molecular weight is 494 g/mol. The molecule has 1 amide bonds. The van der Waals surface area contributed by atoms with E-state index in [1.54, 1.807) is 33.5 Å². The molecule has 8 nitrogen and oxygen atoms in total. The first-order chi connectivity index (χ1) is 16.7. The summed E-state index contributed by atoms with van der Waals surface area (Å²) in [5.41, 5.74) is 5.37. The van der Waals surface area contributed by atoms with Crippen LogP contribution in [-0.2, 0) is 17.9 Å². The number of benzene rings is 2. The van der Waals surface area contributed by atoms with Crippen molar-refractivity contribution >= 4 is 40.4 Å². The van der Waals surface area contributed by atoms with Gasteiger partial charge < -0.3 is 14.6 Å². The second kappa shape index (κ2) is 10.3. The van der Waals surface area contributed by atoms with Crippen molar-refractivity contribution in [2.24, 2.45) is 0 Å². The lowest BCUT2D eigenvalue weighted by molar-refractivity contribution is -0.111. The van der Waals surface area contributed by atoms with Gasteiger partial charge in [0.15, 0.2) is 5.58 Å². The van der Waals surface area contributed by atoms with Gasteiger partial charge in [-0.05, 0) is 57.8 Å². The fraction of sp³-hybridized carbons (Fsp3) is 0.269. The summed E-state index contributed by atoms with van der Waals surface area (Å²) in [4.78, 5) is 26.8. The number of rotatable bonds is 8. The number of anilines is 1.